The van der Waals surface area contributed by atoms with Crippen molar-refractivity contribution >= 4 is 5.91 Å². The first kappa shape index (κ1) is 27.5. The van der Waals surface area contributed by atoms with Gasteiger partial charge >= 0.3 is 0 Å². The van der Waals surface area contributed by atoms with E-state index in [1.165, 1.54) is 128 Å². The van der Waals surface area contributed by atoms with Crippen molar-refractivity contribution in [2.75, 3.05) is 13.1 Å². The van der Waals surface area contributed by atoms with Crippen molar-refractivity contribution < 1.29 is 4.79 Å². The summed E-state index contributed by atoms with van der Waals surface area (Å²) in [6, 6.07) is 0. The smallest absolute Gasteiger partial charge is 0.219 e. The molecule has 0 spiro atoms. The quantitative estimate of drug-likeness (QED) is 0.168. The van der Waals surface area contributed by atoms with Gasteiger partial charge in [0.1, 0.15) is 0 Å². The Balaban J connectivity index is 3.45. The molecule has 0 atom stereocenters. The fraction of sp³-hybridized carbons (Fsp3) is 0.962. The molecule has 0 saturated heterocycles. The molecule has 0 aromatic rings. The lowest BCUT2D eigenvalue weighted by molar-refractivity contribution is -0.129. The summed E-state index contributed by atoms with van der Waals surface area (Å²) < 4.78 is 0. The molecule has 168 valence electrons. The first-order valence-corrected chi connectivity index (χ1v) is 13.0. The van der Waals surface area contributed by atoms with Gasteiger partial charge in [-0.2, -0.15) is 0 Å². The second kappa shape index (κ2) is 22.8. The fourth-order valence-electron chi connectivity index (χ4n) is 4.01. The number of carbonyl (C=O) groups excluding carboxylic acids is 1. The maximum atomic E-state index is 11.9. The van der Waals surface area contributed by atoms with E-state index in [2.05, 4.69) is 18.7 Å². The van der Waals surface area contributed by atoms with Crippen molar-refractivity contribution in [1.29, 1.82) is 0 Å². The summed E-state index contributed by atoms with van der Waals surface area (Å²) in [5, 5.41) is 0. The number of carbonyl (C=O) groups is 1. The molecule has 28 heavy (non-hydrogen) atoms. The van der Waals surface area contributed by atoms with Gasteiger partial charge in [0.05, 0.1) is 0 Å². The van der Waals surface area contributed by atoms with Gasteiger partial charge in [-0.3, -0.25) is 4.79 Å². The maximum absolute atomic E-state index is 11.9. The Hall–Kier alpha value is -0.530. The third kappa shape index (κ3) is 20.2. The van der Waals surface area contributed by atoms with Crippen LogP contribution in [0.3, 0.4) is 0 Å². The van der Waals surface area contributed by atoms with Gasteiger partial charge in [0, 0.05) is 20.0 Å². The summed E-state index contributed by atoms with van der Waals surface area (Å²) in [5.74, 6) is 0.270. The Morgan fingerprint density at radius 2 is 0.714 bits per heavy atom. The van der Waals surface area contributed by atoms with E-state index < -0.39 is 0 Å². The van der Waals surface area contributed by atoms with Gasteiger partial charge in [0.25, 0.3) is 0 Å². The highest BCUT2D eigenvalue weighted by Gasteiger charge is 2.07. The minimum Gasteiger partial charge on any atom is -0.343 e. The molecule has 2 heteroatoms. The Labute approximate surface area is 178 Å². The molecular formula is C26H53NO. The molecule has 0 aliphatic rings. The van der Waals surface area contributed by atoms with Crippen LogP contribution in [0.15, 0.2) is 0 Å². The average molecular weight is 396 g/mol. The van der Waals surface area contributed by atoms with E-state index in [4.69, 9.17) is 0 Å². The summed E-state index contributed by atoms with van der Waals surface area (Å²) >= 11 is 0. The number of unbranched alkanes of at least 4 members (excludes halogenated alkanes) is 18. The molecule has 0 aromatic heterocycles. The molecule has 0 rings (SSSR count). The lowest BCUT2D eigenvalue weighted by atomic mass is 10.1. The fourth-order valence-corrected chi connectivity index (χ4v) is 4.01. The van der Waals surface area contributed by atoms with Crippen molar-refractivity contribution in [2.24, 2.45) is 0 Å². The van der Waals surface area contributed by atoms with Crippen LogP contribution in [0.25, 0.3) is 0 Å². The standard InChI is InChI=1S/C26H53NO/c1-4-6-8-10-12-14-16-18-20-22-24-27(26(3)28)25-23-21-19-17-15-13-11-9-7-5-2/h4-25H2,1-3H3. The number of amides is 1. The molecule has 0 saturated carbocycles. The lowest BCUT2D eigenvalue weighted by Crippen LogP contribution is -2.30. The third-order valence-electron chi connectivity index (χ3n) is 6.01. The Morgan fingerprint density at radius 1 is 0.464 bits per heavy atom. The Morgan fingerprint density at radius 3 is 0.964 bits per heavy atom. The van der Waals surface area contributed by atoms with E-state index >= 15 is 0 Å². The summed E-state index contributed by atoms with van der Waals surface area (Å²) in [5.41, 5.74) is 0. The number of hydrogen-bond acceptors (Lipinski definition) is 1. The van der Waals surface area contributed by atoms with Gasteiger partial charge in [0.2, 0.25) is 5.91 Å². The van der Waals surface area contributed by atoms with Crippen LogP contribution < -0.4 is 0 Å². The zero-order chi connectivity index (χ0) is 20.7. The number of rotatable bonds is 22. The molecule has 0 aliphatic heterocycles. The second-order valence-corrected chi connectivity index (χ2v) is 8.87. The minimum atomic E-state index is 0.270. The normalized spacial score (nSPS) is 11.1. The molecule has 0 aromatic carbocycles. The maximum Gasteiger partial charge on any atom is 0.219 e. The molecule has 0 heterocycles. The monoisotopic (exact) mass is 395 g/mol. The van der Waals surface area contributed by atoms with Gasteiger partial charge in [-0.1, -0.05) is 129 Å². The van der Waals surface area contributed by atoms with Crippen LogP contribution in [0.5, 0.6) is 0 Å². The second-order valence-electron chi connectivity index (χ2n) is 8.87. The molecule has 1 amide bonds. The minimum absolute atomic E-state index is 0.270. The van der Waals surface area contributed by atoms with Gasteiger partial charge < -0.3 is 4.90 Å². The van der Waals surface area contributed by atoms with E-state index in [0.717, 1.165) is 13.1 Å². The molecule has 0 N–H and O–H groups in total. The van der Waals surface area contributed by atoms with Crippen LogP contribution in [0.2, 0.25) is 0 Å². The summed E-state index contributed by atoms with van der Waals surface area (Å²) in [4.78, 5) is 13.9. The largest absolute Gasteiger partial charge is 0.343 e. The SMILES string of the molecule is CCCCCCCCCCCCN(CCCCCCCCCCCC)C(C)=O. The molecule has 2 nitrogen and oxygen atoms in total. The van der Waals surface area contributed by atoms with E-state index in [1.54, 1.807) is 6.92 Å². The highest BCUT2D eigenvalue weighted by atomic mass is 16.2. The highest BCUT2D eigenvalue weighted by molar-refractivity contribution is 5.73. The molecule has 0 fully saturated rings. The molecular weight excluding hydrogens is 342 g/mol. The zero-order valence-electron chi connectivity index (χ0n) is 19.9. The summed E-state index contributed by atoms with van der Waals surface area (Å²) in [7, 11) is 0. The number of hydrogen-bond donors (Lipinski definition) is 0. The van der Waals surface area contributed by atoms with Gasteiger partial charge in [-0.25, -0.2) is 0 Å². The third-order valence-corrected chi connectivity index (χ3v) is 6.01. The predicted octanol–water partition coefficient (Wildman–Crippen LogP) is 8.68. The van der Waals surface area contributed by atoms with Gasteiger partial charge in [-0.05, 0) is 12.8 Å². The molecule has 0 radical (unpaired) electrons. The first-order chi connectivity index (χ1) is 13.7. The summed E-state index contributed by atoms with van der Waals surface area (Å²) in [6.45, 7) is 8.25. The van der Waals surface area contributed by atoms with Gasteiger partial charge in [-0.15, -0.1) is 0 Å². The summed E-state index contributed by atoms with van der Waals surface area (Å²) in [6.07, 6.45) is 27.2. The topological polar surface area (TPSA) is 20.3 Å². The van der Waals surface area contributed by atoms with Crippen molar-refractivity contribution in [3.05, 3.63) is 0 Å². The average Bonchev–Trinajstić information content (AvgIpc) is 2.68. The molecule has 0 bridgehead atoms. The van der Waals surface area contributed by atoms with E-state index in [1.807, 2.05) is 0 Å². The van der Waals surface area contributed by atoms with Crippen molar-refractivity contribution in [1.82, 2.24) is 4.90 Å². The molecule has 0 aliphatic carbocycles. The van der Waals surface area contributed by atoms with E-state index in [0.29, 0.717) is 0 Å². The highest BCUT2D eigenvalue weighted by Crippen LogP contribution is 2.13. The van der Waals surface area contributed by atoms with Crippen LogP contribution >= 0.6 is 0 Å². The van der Waals surface area contributed by atoms with Gasteiger partial charge in [0.15, 0.2) is 0 Å². The predicted molar refractivity (Wildman–Crippen MR) is 126 cm³/mol. The first-order valence-electron chi connectivity index (χ1n) is 13.0. The van der Waals surface area contributed by atoms with Crippen molar-refractivity contribution in [2.45, 2.75) is 149 Å². The van der Waals surface area contributed by atoms with Crippen LogP contribution in [0.1, 0.15) is 149 Å². The zero-order valence-corrected chi connectivity index (χ0v) is 19.9. The number of nitrogens with zero attached hydrogens (tertiary/aromatic N) is 1. The van der Waals surface area contributed by atoms with Crippen LogP contribution in [0, 0.1) is 0 Å². The van der Waals surface area contributed by atoms with Crippen LogP contribution in [0.4, 0.5) is 0 Å². The molecule has 0 unspecified atom stereocenters. The van der Waals surface area contributed by atoms with E-state index in [9.17, 15) is 4.79 Å². The van der Waals surface area contributed by atoms with Crippen molar-refractivity contribution in [3.8, 4) is 0 Å². The van der Waals surface area contributed by atoms with Crippen LogP contribution in [-0.4, -0.2) is 23.9 Å². The van der Waals surface area contributed by atoms with Crippen molar-refractivity contribution in [3.63, 3.8) is 0 Å². The lowest BCUT2D eigenvalue weighted by Gasteiger charge is -2.21. The Kier molecular flexibility index (Phi) is 22.3. The van der Waals surface area contributed by atoms with Crippen LogP contribution in [-0.2, 0) is 4.79 Å². The van der Waals surface area contributed by atoms with E-state index in [-0.39, 0.29) is 5.91 Å². The Bertz CT molecular complexity index is 292.